The molecule has 5 heteroatoms. The molecule has 0 spiro atoms. The van der Waals surface area contributed by atoms with Crippen molar-refractivity contribution >= 4 is 0 Å². The van der Waals surface area contributed by atoms with Crippen LogP contribution in [0.4, 0.5) is 0 Å². The Hall–Kier alpha value is -2.01. The number of imidazole rings is 1. The summed E-state index contributed by atoms with van der Waals surface area (Å²) in [6.07, 6.45) is 3.07. The SMILES string of the molecule is CCn1ccnc1COc1cc(OC)ccc1[C@@H](C)O. The normalized spacial score (nSPS) is 12.2. The molecule has 1 N–H and O–H groups in total. The Morgan fingerprint density at radius 1 is 1.40 bits per heavy atom. The molecule has 1 atom stereocenters. The number of hydrogen-bond acceptors (Lipinski definition) is 4. The molecule has 0 aliphatic rings. The molecule has 2 aromatic rings. The van der Waals surface area contributed by atoms with Crippen LogP contribution in [0.1, 0.15) is 31.3 Å². The van der Waals surface area contributed by atoms with Crippen LogP contribution in [0.5, 0.6) is 11.5 Å². The predicted molar refractivity (Wildman–Crippen MR) is 75.9 cm³/mol. The van der Waals surface area contributed by atoms with Crippen molar-refractivity contribution in [2.75, 3.05) is 7.11 Å². The van der Waals surface area contributed by atoms with E-state index in [4.69, 9.17) is 9.47 Å². The summed E-state index contributed by atoms with van der Waals surface area (Å²) in [7, 11) is 1.60. The summed E-state index contributed by atoms with van der Waals surface area (Å²) in [6.45, 7) is 4.97. The van der Waals surface area contributed by atoms with E-state index < -0.39 is 6.10 Å². The van der Waals surface area contributed by atoms with Crippen molar-refractivity contribution in [1.29, 1.82) is 0 Å². The molecule has 108 valence electrons. The fraction of sp³-hybridized carbons (Fsp3) is 0.400. The van der Waals surface area contributed by atoms with Crippen LogP contribution in [0.25, 0.3) is 0 Å². The molecule has 0 radical (unpaired) electrons. The number of aliphatic hydroxyl groups excluding tert-OH is 1. The largest absolute Gasteiger partial charge is 0.497 e. The lowest BCUT2D eigenvalue weighted by Gasteiger charge is -2.15. The molecule has 0 bridgehead atoms. The highest BCUT2D eigenvalue weighted by Gasteiger charge is 2.12. The van der Waals surface area contributed by atoms with E-state index in [9.17, 15) is 5.11 Å². The zero-order valence-corrected chi connectivity index (χ0v) is 12.0. The molecule has 0 fully saturated rings. The van der Waals surface area contributed by atoms with Gasteiger partial charge in [-0.2, -0.15) is 0 Å². The summed E-state index contributed by atoms with van der Waals surface area (Å²) in [5.74, 6) is 2.17. The van der Waals surface area contributed by atoms with Gasteiger partial charge in [0.2, 0.25) is 0 Å². The Balaban J connectivity index is 2.19. The Labute approximate surface area is 118 Å². The zero-order valence-electron chi connectivity index (χ0n) is 12.0. The molecule has 1 aromatic carbocycles. The summed E-state index contributed by atoms with van der Waals surface area (Å²) in [5.41, 5.74) is 0.736. The first-order chi connectivity index (χ1) is 9.65. The third kappa shape index (κ3) is 3.11. The van der Waals surface area contributed by atoms with Gasteiger partial charge in [-0.15, -0.1) is 0 Å². The smallest absolute Gasteiger partial charge is 0.146 e. The molecule has 1 heterocycles. The second-order valence-corrected chi connectivity index (χ2v) is 4.50. The van der Waals surface area contributed by atoms with E-state index in [1.807, 2.05) is 22.9 Å². The van der Waals surface area contributed by atoms with Gasteiger partial charge in [0, 0.05) is 30.6 Å². The van der Waals surface area contributed by atoms with Crippen LogP contribution < -0.4 is 9.47 Å². The standard InChI is InChI=1S/C15H20N2O3/c1-4-17-8-7-16-15(17)10-20-14-9-12(19-3)5-6-13(14)11(2)18/h5-9,11,18H,4,10H2,1-3H3/t11-/m1/s1. The van der Waals surface area contributed by atoms with Crippen molar-refractivity contribution in [3.63, 3.8) is 0 Å². The molecule has 0 saturated heterocycles. The molecular weight excluding hydrogens is 256 g/mol. The number of rotatable bonds is 6. The minimum Gasteiger partial charge on any atom is -0.497 e. The van der Waals surface area contributed by atoms with Gasteiger partial charge in [-0.3, -0.25) is 0 Å². The molecule has 2 rings (SSSR count). The molecule has 5 nitrogen and oxygen atoms in total. The van der Waals surface area contributed by atoms with E-state index in [0.717, 1.165) is 17.9 Å². The van der Waals surface area contributed by atoms with Gasteiger partial charge >= 0.3 is 0 Å². The summed E-state index contributed by atoms with van der Waals surface area (Å²) in [4.78, 5) is 4.26. The predicted octanol–water partition coefficient (Wildman–Crippen LogP) is 2.54. The highest BCUT2D eigenvalue weighted by molar-refractivity contribution is 5.41. The number of aliphatic hydroxyl groups is 1. The molecule has 20 heavy (non-hydrogen) atoms. The first-order valence-electron chi connectivity index (χ1n) is 6.64. The molecule has 0 amide bonds. The van der Waals surface area contributed by atoms with Gasteiger partial charge in [-0.1, -0.05) is 0 Å². The van der Waals surface area contributed by atoms with Crippen LogP contribution in [0.2, 0.25) is 0 Å². The number of nitrogens with zero attached hydrogens (tertiary/aromatic N) is 2. The quantitative estimate of drug-likeness (QED) is 0.881. The first-order valence-corrected chi connectivity index (χ1v) is 6.64. The number of aryl methyl sites for hydroxylation is 1. The van der Waals surface area contributed by atoms with E-state index in [-0.39, 0.29) is 0 Å². The lowest BCUT2D eigenvalue weighted by molar-refractivity contribution is 0.189. The number of ether oxygens (including phenoxy) is 2. The Kier molecular flexibility index (Phi) is 4.63. The zero-order chi connectivity index (χ0) is 14.5. The van der Waals surface area contributed by atoms with Crippen molar-refractivity contribution in [3.8, 4) is 11.5 Å². The highest BCUT2D eigenvalue weighted by Crippen LogP contribution is 2.30. The fourth-order valence-corrected chi connectivity index (χ4v) is 2.02. The number of methoxy groups -OCH3 is 1. The summed E-state index contributed by atoms with van der Waals surface area (Å²) < 4.78 is 13.0. The van der Waals surface area contributed by atoms with Crippen LogP contribution in [0, 0.1) is 0 Å². The third-order valence-electron chi connectivity index (χ3n) is 3.17. The van der Waals surface area contributed by atoms with Crippen molar-refractivity contribution < 1.29 is 14.6 Å². The van der Waals surface area contributed by atoms with Crippen molar-refractivity contribution in [3.05, 3.63) is 42.0 Å². The van der Waals surface area contributed by atoms with Crippen LogP contribution in [-0.4, -0.2) is 21.8 Å². The first kappa shape index (κ1) is 14.4. The lowest BCUT2D eigenvalue weighted by Crippen LogP contribution is -2.07. The van der Waals surface area contributed by atoms with Crippen LogP contribution in [-0.2, 0) is 13.2 Å². The van der Waals surface area contributed by atoms with Crippen molar-refractivity contribution in [1.82, 2.24) is 9.55 Å². The third-order valence-corrected chi connectivity index (χ3v) is 3.17. The maximum Gasteiger partial charge on any atom is 0.146 e. The summed E-state index contributed by atoms with van der Waals surface area (Å²) in [5, 5.41) is 9.78. The Morgan fingerprint density at radius 3 is 2.85 bits per heavy atom. The van der Waals surface area contributed by atoms with Crippen LogP contribution in [0.3, 0.4) is 0 Å². The van der Waals surface area contributed by atoms with Gasteiger partial charge in [0.25, 0.3) is 0 Å². The number of benzene rings is 1. The molecule has 0 aliphatic carbocycles. The van der Waals surface area contributed by atoms with E-state index in [0.29, 0.717) is 18.1 Å². The monoisotopic (exact) mass is 276 g/mol. The van der Waals surface area contributed by atoms with Gasteiger partial charge in [0.1, 0.15) is 23.9 Å². The molecule has 1 aromatic heterocycles. The second kappa shape index (κ2) is 6.43. The minimum atomic E-state index is -0.596. The van der Waals surface area contributed by atoms with Crippen LogP contribution in [0.15, 0.2) is 30.6 Å². The molecule has 0 aliphatic heterocycles. The van der Waals surface area contributed by atoms with Gasteiger partial charge in [-0.25, -0.2) is 4.98 Å². The summed E-state index contributed by atoms with van der Waals surface area (Å²) >= 11 is 0. The minimum absolute atomic E-state index is 0.355. The number of aromatic nitrogens is 2. The topological polar surface area (TPSA) is 56.5 Å². The van der Waals surface area contributed by atoms with Crippen molar-refractivity contribution in [2.45, 2.75) is 33.1 Å². The second-order valence-electron chi connectivity index (χ2n) is 4.50. The van der Waals surface area contributed by atoms with E-state index in [1.54, 1.807) is 26.3 Å². The van der Waals surface area contributed by atoms with Gasteiger partial charge in [0.05, 0.1) is 13.2 Å². The number of hydrogen-bond donors (Lipinski definition) is 1. The maximum absolute atomic E-state index is 9.78. The Morgan fingerprint density at radius 2 is 2.20 bits per heavy atom. The Bertz CT molecular complexity index is 564. The molecular formula is C15H20N2O3. The van der Waals surface area contributed by atoms with Crippen molar-refractivity contribution in [2.24, 2.45) is 0 Å². The van der Waals surface area contributed by atoms with E-state index in [2.05, 4.69) is 11.9 Å². The van der Waals surface area contributed by atoms with Gasteiger partial charge in [0.15, 0.2) is 0 Å². The maximum atomic E-state index is 9.78. The summed E-state index contributed by atoms with van der Waals surface area (Å²) in [6, 6.07) is 5.40. The average molecular weight is 276 g/mol. The van der Waals surface area contributed by atoms with Crippen LogP contribution >= 0.6 is 0 Å². The lowest BCUT2D eigenvalue weighted by atomic mass is 10.1. The van der Waals surface area contributed by atoms with Gasteiger partial charge in [-0.05, 0) is 26.0 Å². The average Bonchev–Trinajstić information content (AvgIpc) is 2.91. The molecule has 0 saturated carbocycles. The van der Waals surface area contributed by atoms with Gasteiger partial charge < -0.3 is 19.1 Å². The van der Waals surface area contributed by atoms with E-state index in [1.165, 1.54) is 0 Å². The molecule has 0 unspecified atom stereocenters. The van der Waals surface area contributed by atoms with E-state index >= 15 is 0 Å². The highest BCUT2D eigenvalue weighted by atomic mass is 16.5. The fourth-order valence-electron chi connectivity index (χ4n) is 2.02.